The normalized spacial score (nSPS) is 20.2. The Morgan fingerprint density at radius 3 is 2.69 bits per heavy atom. The number of nitrogens with zero attached hydrogens (tertiary/aromatic N) is 1. The minimum atomic E-state index is -2.13. The van der Waals surface area contributed by atoms with E-state index in [2.05, 4.69) is 58.8 Å². The van der Waals surface area contributed by atoms with E-state index in [9.17, 15) is 0 Å². The second-order valence-corrected chi connectivity index (χ2v) is 17.4. The van der Waals surface area contributed by atoms with E-state index in [4.69, 9.17) is 13.9 Å². The van der Waals surface area contributed by atoms with Gasteiger partial charge in [-0.3, -0.25) is 0 Å². The lowest BCUT2D eigenvalue weighted by Crippen LogP contribution is -2.44. The van der Waals surface area contributed by atoms with Crippen molar-refractivity contribution in [1.82, 2.24) is 4.98 Å². The third kappa shape index (κ3) is 11.0. The molecule has 4 nitrogen and oxygen atoms in total. The molecule has 0 aliphatic carbocycles. The molecule has 3 atom stereocenters. The average Bonchev–Trinajstić information content (AvgIpc) is 3.19. The molecule has 200 valence electrons. The van der Waals surface area contributed by atoms with Crippen molar-refractivity contribution >= 4 is 25.7 Å². The third-order valence-electron chi connectivity index (χ3n) is 7.13. The van der Waals surface area contributed by atoms with E-state index in [1.165, 1.54) is 23.3 Å². The predicted octanol–water partition coefficient (Wildman–Crippen LogP) is 8.84. The molecule has 0 spiro atoms. The van der Waals surface area contributed by atoms with Gasteiger partial charge in [-0.15, -0.1) is 11.3 Å². The topological polar surface area (TPSA) is 40.6 Å². The van der Waals surface area contributed by atoms with Gasteiger partial charge in [0.05, 0.1) is 17.3 Å². The second-order valence-electron chi connectivity index (χ2n) is 11.6. The molecule has 1 saturated heterocycles. The zero-order chi connectivity index (χ0) is 26.1. The van der Waals surface area contributed by atoms with Crippen LogP contribution in [0.3, 0.4) is 0 Å². The van der Waals surface area contributed by atoms with E-state index in [0.29, 0.717) is 18.0 Å². The third-order valence-corrected chi connectivity index (χ3v) is 12.4. The molecule has 0 N–H and O–H groups in total. The van der Waals surface area contributed by atoms with Crippen LogP contribution < -0.4 is 0 Å². The van der Waals surface area contributed by atoms with Gasteiger partial charge in [-0.05, 0) is 88.9 Å². The fraction of sp³-hybridized carbons (Fsp3) is 0.750. The monoisotopic (exact) mass is 525 g/mol. The van der Waals surface area contributed by atoms with Gasteiger partial charge in [-0.2, -0.15) is 0 Å². The molecule has 2 rings (SSSR count). The van der Waals surface area contributed by atoms with Gasteiger partial charge in [0.25, 0.3) is 0 Å². The Morgan fingerprint density at radius 2 is 2.09 bits per heavy atom. The van der Waals surface area contributed by atoms with Gasteiger partial charge < -0.3 is 13.9 Å². The molecule has 1 fully saturated rings. The van der Waals surface area contributed by atoms with Crippen molar-refractivity contribution in [3.63, 3.8) is 0 Å². The van der Waals surface area contributed by atoms with E-state index < -0.39 is 14.4 Å². The standard InChI is InChI=1S/C28H48FNO3SSi/c1-21(12-11-13-22(2)19-32-27-14-9-10-17-31-27)15-16-26(33-35(7,8)28(4,5)6)25(29)18-24-20-34-23(3)30-24/h15,18,20,22,26-27H,9-14,16-17,19H2,1-8H3/b21-15+,25-18-/t22-,26-,27?/m0/s1. The molecule has 2 heterocycles. The highest BCUT2D eigenvalue weighted by atomic mass is 32.1. The van der Waals surface area contributed by atoms with E-state index in [1.807, 2.05) is 12.3 Å². The molecular weight excluding hydrogens is 477 g/mol. The summed E-state index contributed by atoms with van der Waals surface area (Å²) in [7, 11) is -2.13. The first kappa shape index (κ1) is 30.4. The van der Waals surface area contributed by atoms with Crippen LogP contribution in [0.4, 0.5) is 4.39 Å². The van der Waals surface area contributed by atoms with Gasteiger partial charge in [-0.1, -0.05) is 39.3 Å². The van der Waals surface area contributed by atoms with Crippen LogP contribution in [-0.4, -0.2) is 38.9 Å². The molecule has 0 bridgehead atoms. The SMILES string of the molecule is C/C(=C\C[C@H](O[Si](C)(C)C(C)(C)C)/C(F)=C/c1csc(C)n1)CCC[C@H](C)COC1CCCCO1. The number of halogens is 1. The number of ether oxygens (including phenoxy) is 2. The highest BCUT2D eigenvalue weighted by Gasteiger charge is 2.39. The highest BCUT2D eigenvalue weighted by molar-refractivity contribution is 7.09. The summed E-state index contributed by atoms with van der Waals surface area (Å²) in [5.74, 6) is 0.268. The van der Waals surface area contributed by atoms with Crippen LogP contribution in [-0.2, 0) is 13.9 Å². The van der Waals surface area contributed by atoms with Crippen molar-refractivity contribution in [1.29, 1.82) is 0 Å². The summed E-state index contributed by atoms with van der Waals surface area (Å²) in [4.78, 5) is 4.40. The van der Waals surface area contributed by atoms with Crippen LogP contribution >= 0.6 is 11.3 Å². The summed E-state index contributed by atoms with van der Waals surface area (Å²) in [5, 5.41) is 2.85. The molecule has 0 amide bonds. The fourth-order valence-corrected chi connectivity index (χ4v) is 5.61. The van der Waals surface area contributed by atoms with Gasteiger partial charge in [0.2, 0.25) is 0 Å². The van der Waals surface area contributed by atoms with Crippen LogP contribution in [0, 0.1) is 12.8 Å². The van der Waals surface area contributed by atoms with Crippen LogP contribution in [0.2, 0.25) is 18.1 Å². The van der Waals surface area contributed by atoms with Crippen molar-refractivity contribution in [3.8, 4) is 0 Å². The van der Waals surface area contributed by atoms with E-state index in [-0.39, 0.29) is 17.2 Å². The lowest BCUT2D eigenvalue weighted by atomic mass is 10.0. The molecular formula is C28H48FNO3SSi. The van der Waals surface area contributed by atoms with E-state index in [0.717, 1.165) is 50.3 Å². The number of allylic oxidation sites excluding steroid dienone is 1. The predicted molar refractivity (Wildman–Crippen MR) is 149 cm³/mol. The van der Waals surface area contributed by atoms with Crippen LogP contribution in [0.15, 0.2) is 22.9 Å². The maximum atomic E-state index is 15.4. The molecule has 35 heavy (non-hydrogen) atoms. The Morgan fingerprint density at radius 1 is 1.34 bits per heavy atom. The van der Waals surface area contributed by atoms with Gasteiger partial charge in [-0.25, -0.2) is 9.37 Å². The van der Waals surface area contributed by atoms with Gasteiger partial charge in [0, 0.05) is 12.0 Å². The smallest absolute Gasteiger partial charge is 0.193 e. The average molecular weight is 526 g/mol. The molecule has 1 aromatic rings. The Labute approximate surface area is 218 Å². The van der Waals surface area contributed by atoms with E-state index >= 15 is 4.39 Å². The fourth-order valence-electron chi connectivity index (χ4n) is 3.77. The minimum Gasteiger partial charge on any atom is -0.407 e. The first-order valence-corrected chi connectivity index (χ1v) is 17.0. The maximum absolute atomic E-state index is 15.4. The lowest BCUT2D eigenvalue weighted by molar-refractivity contribution is -0.168. The summed E-state index contributed by atoms with van der Waals surface area (Å²) in [6.45, 7) is 18.8. The summed E-state index contributed by atoms with van der Waals surface area (Å²) < 4.78 is 33.5. The summed E-state index contributed by atoms with van der Waals surface area (Å²) >= 11 is 1.53. The Bertz CT molecular complexity index is 824. The number of hydrogen-bond acceptors (Lipinski definition) is 5. The molecule has 0 saturated carbocycles. The first-order valence-electron chi connectivity index (χ1n) is 13.2. The summed E-state index contributed by atoms with van der Waals surface area (Å²) in [5.41, 5.74) is 1.96. The number of rotatable bonds is 13. The lowest BCUT2D eigenvalue weighted by Gasteiger charge is -2.38. The maximum Gasteiger partial charge on any atom is 0.193 e. The molecule has 1 aliphatic heterocycles. The van der Waals surface area contributed by atoms with Gasteiger partial charge >= 0.3 is 0 Å². The van der Waals surface area contributed by atoms with Crippen molar-refractivity contribution in [2.24, 2.45) is 5.92 Å². The number of hydrogen-bond donors (Lipinski definition) is 0. The Hall–Kier alpha value is -0.863. The van der Waals surface area contributed by atoms with Crippen LogP contribution in [0.1, 0.15) is 90.3 Å². The molecule has 0 aromatic carbocycles. The quantitative estimate of drug-likeness (QED) is 0.190. The van der Waals surface area contributed by atoms with Crippen molar-refractivity contribution in [2.45, 2.75) is 117 Å². The zero-order valence-corrected chi connectivity index (χ0v) is 25.1. The summed E-state index contributed by atoms with van der Waals surface area (Å²) in [6.07, 6.45) is 10.2. The molecule has 0 radical (unpaired) electrons. The molecule has 1 unspecified atom stereocenters. The van der Waals surface area contributed by atoms with Crippen molar-refractivity contribution in [2.75, 3.05) is 13.2 Å². The van der Waals surface area contributed by atoms with Gasteiger partial charge in [0.15, 0.2) is 14.6 Å². The van der Waals surface area contributed by atoms with Crippen LogP contribution in [0.5, 0.6) is 0 Å². The minimum absolute atomic E-state index is 0.0122. The van der Waals surface area contributed by atoms with Gasteiger partial charge in [0.1, 0.15) is 11.9 Å². The van der Waals surface area contributed by atoms with Crippen molar-refractivity contribution < 1.29 is 18.3 Å². The largest absolute Gasteiger partial charge is 0.407 e. The summed E-state index contributed by atoms with van der Waals surface area (Å²) in [6, 6.07) is 0. The van der Waals surface area contributed by atoms with E-state index in [1.54, 1.807) is 6.08 Å². The number of aryl methyl sites for hydroxylation is 1. The highest BCUT2D eigenvalue weighted by Crippen LogP contribution is 2.39. The molecule has 1 aliphatic rings. The molecule has 1 aromatic heterocycles. The number of aromatic nitrogens is 1. The van der Waals surface area contributed by atoms with Crippen molar-refractivity contribution in [3.05, 3.63) is 33.6 Å². The molecule has 7 heteroatoms. The Kier molecular flexibility index (Phi) is 12.3. The zero-order valence-electron chi connectivity index (χ0n) is 23.3. The van der Waals surface area contributed by atoms with Crippen LogP contribution in [0.25, 0.3) is 6.08 Å². The number of thiazole rings is 1. The second kappa shape index (κ2) is 14.2. The first-order chi connectivity index (χ1) is 16.4. The Balaban J connectivity index is 1.91.